The molecule has 3 nitrogen and oxygen atoms in total. The van der Waals surface area contributed by atoms with Gasteiger partial charge in [0.2, 0.25) is 0 Å². The molecule has 0 aliphatic carbocycles. The first-order valence-corrected chi connectivity index (χ1v) is 3.96. The predicted octanol–water partition coefficient (Wildman–Crippen LogP) is 1.61. The van der Waals surface area contributed by atoms with E-state index in [1.165, 1.54) is 0 Å². The molecule has 82 valence electrons. The van der Waals surface area contributed by atoms with Crippen molar-refractivity contribution in [1.82, 2.24) is 0 Å². The number of aliphatic hydroxyl groups excluding tert-OH is 1. The Balaban J connectivity index is 3.08. The van der Waals surface area contributed by atoms with Gasteiger partial charge in [0, 0.05) is 12.1 Å². The monoisotopic (exact) mass is 220 g/mol. The van der Waals surface area contributed by atoms with Crippen LogP contribution in [0.2, 0.25) is 0 Å². The van der Waals surface area contributed by atoms with Gasteiger partial charge in [0.15, 0.2) is 0 Å². The number of hydrogen-bond acceptors (Lipinski definition) is 2. The fourth-order valence-electron chi connectivity index (χ4n) is 1.14. The molecule has 0 aliphatic heterocycles. The molecule has 0 heterocycles. The molecule has 0 aromatic heterocycles. The number of carbonyl (C=O) groups is 1. The second-order valence-corrected chi connectivity index (χ2v) is 2.90. The maximum Gasteiger partial charge on any atom is 0.306 e. The number of halogens is 3. The van der Waals surface area contributed by atoms with Crippen LogP contribution < -0.4 is 0 Å². The summed E-state index contributed by atoms with van der Waals surface area (Å²) in [6, 6.07) is 0.757. The van der Waals surface area contributed by atoms with Crippen molar-refractivity contribution in [3.8, 4) is 0 Å². The summed E-state index contributed by atoms with van der Waals surface area (Å²) in [7, 11) is 0. The SMILES string of the molecule is O=C(O)CC(O)c1c(F)cc(F)cc1F. The van der Waals surface area contributed by atoms with Crippen LogP contribution in [0.15, 0.2) is 12.1 Å². The number of rotatable bonds is 3. The van der Waals surface area contributed by atoms with E-state index < -0.39 is 41.5 Å². The van der Waals surface area contributed by atoms with E-state index in [9.17, 15) is 18.0 Å². The van der Waals surface area contributed by atoms with Gasteiger partial charge in [0.05, 0.1) is 18.1 Å². The van der Waals surface area contributed by atoms with E-state index in [0.717, 1.165) is 0 Å². The molecule has 0 aliphatic rings. The largest absolute Gasteiger partial charge is 0.481 e. The summed E-state index contributed by atoms with van der Waals surface area (Å²) in [6.45, 7) is 0. The van der Waals surface area contributed by atoms with Crippen LogP contribution in [0.5, 0.6) is 0 Å². The minimum atomic E-state index is -1.83. The molecule has 1 unspecified atom stereocenters. The fourth-order valence-corrected chi connectivity index (χ4v) is 1.14. The van der Waals surface area contributed by atoms with Crippen molar-refractivity contribution >= 4 is 5.97 Å². The summed E-state index contributed by atoms with van der Waals surface area (Å²) < 4.78 is 38.4. The molecule has 0 saturated carbocycles. The smallest absolute Gasteiger partial charge is 0.306 e. The molecule has 1 aromatic rings. The normalized spacial score (nSPS) is 12.5. The van der Waals surface area contributed by atoms with E-state index >= 15 is 0 Å². The number of aliphatic carboxylic acids is 1. The van der Waals surface area contributed by atoms with E-state index in [0.29, 0.717) is 12.1 Å². The number of carboxylic acid groups (broad SMARTS) is 1. The summed E-state index contributed by atoms with van der Waals surface area (Å²) in [5.74, 6) is -5.15. The maximum atomic E-state index is 13.0. The lowest BCUT2D eigenvalue weighted by Gasteiger charge is -2.10. The first-order valence-electron chi connectivity index (χ1n) is 3.96. The van der Waals surface area contributed by atoms with Crippen LogP contribution in [-0.2, 0) is 4.79 Å². The number of hydrogen-bond donors (Lipinski definition) is 2. The van der Waals surface area contributed by atoms with Crippen molar-refractivity contribution in [2.45, 2.75) is 12.5 Å². The molecule has 6 heteroatoms. The third-order valence-electron chi connectivity index (χ3n) is 1.75. The van der Waals surface area contributed by atoms with Gasteiger partial charge in [-0.3, -0.25) is 4.79 Å². The lowest BCUT2D eigenvalue weighted by atomic mass is 10.1. The van der Waals surface area contributed by atoms with E-state index in [1.807, 2.05) is 0 Å². The molecular formula is C9H7F3O3. The van der Waals surface area contributed by atoms with Gasteiger partial charge in [0.1, 0.15) is 17.5 Å². The van der Waals surface area contributed by atoms with Gasteiger partial charge < -0.3 is 10.2 Å². The van der Waals surface area contributed by atoms with Crippen molar-refractivity contribution < 1.29 is 28.2 Å². The Kier molecular flexibility index (Phi) is 3.31. The molecule has 0 spiro atoms. The van der Waals surface area contributed by atoms with Gasteiger partial charge in [-0.15, -0.1) is 0 Å². The van der Waals surface area contributed by atoms with Gasteiger partial charge in [-0.05, 0) is 0 Å². The average molecular weight is 220 g/mol. The van der Waals surface area contributed by atoms with Gasteiger partial charge in [-0.2, -0.15) is 0 Å². The lowest BCUT2D eigenvalue weighted by Crippen LogP contribution is -2.09. The van der Waals surface area contributed by atoms with E-state index in [-0.39, 0.29) is 0 Å². The predicted molar refractivity (Wildman–Crippen MR) is 43.5 cm³/mol. The van der Waals surface area contributed by atoms with E-state index in [4.69, 9.17) is 10.2 Å². The Morgan fingerprint density at radius 1 is 1.27 bits per heavy atom. The van der Waals surface area contributed by atoms with Crippen LogP contribution in [0.1, 0.15) is 18.1 Å². The molecule has 2 N–H and O–H groups in total. The van der Waals surface area contributed by atoms with Crippen LogP contribution in [0.4, 0.5) is 13.2 Å². The molecule has 0 saturated heterocycles. The van der Waals surface area contributed by atoms with Gasteiger partial charge in [-0.25, -0.2) is 13.2 Å². The number of carboxylic acids is 1. The van der Waals surface area contributed by atoms with Crippen LogP contribution in [0, 0.1) is 17.5 Å². The first-order chi connectivity index (χ1) is 6.91. The Morgan fingerprint density at radius 2 is 1.73 bits per heavy atom. The highest BCUT2D eigenvalue weighted by atomic mass is 19.1. The number of aliphatic hydroxyl groups is 1. The summed E-state index contributed by atoms with van der Waals surface area (Å²) in [5.41, 5.74) is -0.834. The molecule has 0 bridgehead atoms. The van der Waals surface area contributed by atoms with E-state index in [1.54, 1.807) is 0 Å². The van der Waals surface area contributed by atoms with Crippen molar-refractivity contribution in [1.29, 1.82) is 0 Å². The second kappa shape index (κ2) is 4.31. The molecule has 1 aromatic carbocycles. The van der Waals surface area contributed by atoms with Crippen LogP contribution in [0.3, 0.4) is 0 Å². The van der Waals surface area contributed by atoms with Crippen LogP contribution >= 0.6 is 0 Å². The maximum absolute atomic E-state index is 13.0. The topological polar surface area (TPSA) is 57.5 Å². The zero-order valence-electron chi connectivity index (χ0n) is 7.38. The third kappa shape index (κ3) is 2.69. The lowest BCUT2D eigenvalue weighted by molar-refractivity contribution is -0.139. The Morgan fingerprint density at radius 3 is 2.13 bits per heavy atom. The average Bonchev–Trinajstić information content (AvgIpc) is 1.99. The van der Waals surface area contributed by atoms with Gasteiger partial charge >= 0.3 is 5.97 Å². The number of benzene rings is 1. The van der Waals surface area contributed by atoms with Crippen molar-refractivity contribution in [2.75, 3.05) is 0 Å². The zero-order valence-corrected chi connectivity index (χ0v) is 7.38. The molecule has 0 amide bonds. The molecule has 1 atom stereocenters. The molecule has 1 rings (SSSR count). The van der Waals surface area contributed by atoms with Crippen molar-refractivity contribution in [3.63, 3.8) is 0 Å². The minimum absolute atomic E-state index is 0.378. The Hall–Kier alpha value is -1.56. The molecule has 0 radical (unpaired) electrons. The minimum Gasteiger partial charge on any atom is -0.481 e. The summed E-state index contributed by atoms with van der Waals surface area (Å²) >= 11 is 0. The Labute approximate surface area is 82.8 Å². The third-order valence-corrected chi connectivity index (χ3v) is 1.75. The molecule has 15 heavy (non-hydrogen) atoms. The summed E-state index contributed by atoms with van der Waals surface area (Å²) in [5, 5.41) is 17.5. The molecular weight excluding hydrogens is 213 g/mol. The fraction of sp³-hybridized carbons (Fsp3) is 0.222. The quantitative estimate of drug-likeness (QED) is 0.813. The van der Waals surface area contributed by atoms with Gasteiger partial charge in [-0.1, -0.05) is 0 Å². The van der Waals surface area contributed by atoms with Crippen LogP contribution in [-0.4, -0.2) is 16.2 Å². The van der Waals surface area contributed by atoms with Crippen LogP contribution in [0.25, 0.3) is 0 Å². The highest BCUT2D eigenvalue weighted by molar-refractivity contribution is 5.67. The van der Waals surface area contributed by atoms with E-state index in [2.05, 4.69) is 0 Å². The second-order valence-electron chi connectivity index (χ2n) is 2.90. The zero-order chi connectivity index (χ0) is 11.6. The highest BCUT2D eigenvalue weighted by Gasteiger charge is 2.21. The molecule has 0 fully saturated rings. The van der Waals surface area contributed by atoms with Crippen molar-refractivity contribution in [3.05, 3.63) is 35.1 Å². The van der Waals surface area contributed by atoms with Crippen molar-refractivity contribution in [2.24, 2.45) is 0 Å². The standard InChI is InChI=1S/C9H7F3O3/c10-4-1-5(11)9(6(12)2-4)7(13)3-8(14)15/h1-2,7,13H,3H2,(H,14,15). The summed E-state index contributed by atoms with van der Waals surface area (Å²) in [6.07, 6.45) is -2.68. The summed E-state index contributed by atoms with van der Waals surface area (Å²) in [4.78, 5) is 10.2. The van der Waals surface area contributed by atoms with Gasteiger partial charge in [0.25, 0.3) is 0 Å². The Bertz CT molecular complexity index is 369. The first kappa shape index (κ1) is 11.5. The highest BCUT2D eigenvalue weighted by Crippen LogP contribution is 2.24.